The highest BCUT2D eigenvalue weighted by molar-refractivity contribution is 6.06. The molecule has 3 N–H and O–H groups in total. The molecule has 4 heterocycles. The summed E-state index contributed by atoms with van der Waals surface area (Å²) in [6, 6.07) is 7.71. The standard InChI is InChI=1S/C27H31N7O/c1-19(26(29)34-14-6-4-10-24(34)28)8-7-9-20(2)32-27(35)23-16-22-18-33(15-12-21(22)17-31-23)25-11-3-5-13-30-25/h3,5,7-9,11,13,16-17,28-29H,2,4,6,10,12,14-15,18H2,1H3,(H,32,35)/b9-7-,19-8+,28-24?,29-26?. The number of allylic oxidation sites excluding steroid dienone is 3. The molecular formula is C27H31N7O. The van der Waals surface area contributed by atoms with Crippen molar-refractivity contribution in [1.82, 2.24) is 20.2 Å². The van der Waals surface area contributed by atoms with E-state index in [0.29, 0.717) is 42.6 Å². The number of rotatable bonds is 6. The largest absolute Gasteiger partial charge is 0.352 e. The summed E-state index contributed by atoms with van der Waals surface area (Å²) < 4.78 is 0. The number of likely N-dealkylation sites (tertiary alicyclic amines) is 1. The number of pyridine rings is 2. The maximum Gasteiger partial charge on any atom is 0.274 e. The van der Waals surface area contributed by atoms with Crippen LogP contribution in [0.4, 0.5) is 5.82 Å². The van der Waals surface area contributed by atoms with Gasteiger partial charge in [0.25, 0.3) is 5.91 Å². The van der Waals surface area contributed by atoms with Crippen LogP contribution in [0.3, 0.4) is 0 Å². The number of nitrogens with zero attached hydrogens (tertiary/aromatic N) is 4. The SMILES string of the molecule is C=C(/C=C\C=C(/C)C(=N)N1CCCCC1=N)NC(=O)c1cc2c(cn1)CCN(c1ccccn1)C2. The Morgan fingerprint density at radius 2 is 2.03 bits per heavy atom. The lowest BCUT2D eigenvalue weighted by Gasteiger charge is -2.29. The first-order valence-electron chi connectivity index (χ1n) is 11.9. The zero-order valence-corrected chi connectivity index (χ0v) is 20.1. The fraction of sp³-hybridized carbons (Fsp3) is 0.296. The fourth-order valence-electron chi connectivity index (χ4n) is 4.23. The first-order valence-corrected chi connectivity index (χ1v) is 11.9. The maximum atomic E-state index is 12.8. The van der Waals surface area contributed by atoms with Crippen molar-refractivity contribution in [2.75, 3.05) is 18.0 Å². The van der Waals surface area contributed by atoms with Gasteiger partial charge in [-0.25, -0.2) is 4.98 Å². The highest BCUT2D eigenvalue weighted by Gasteiger charge is 2.21. The van der Waals surface area contributed by atoms with Crippen LogP contribution in [0, 0.1) is 10.8 Å². The second-order valence-corrected chi connectivity index (χ2v) is 8.79. The van der Waals surface area contributed by atoms with Crippen molar-refractivity contribution in [2.24, 2.45) is 0 Å². The molecule has 0 spiro atoms. The predicted molar refractivity (Wildman–Crippen MR) is 139 cm³/mol. The van der Waals surface area contributed by atoms with Crippen molar-refractivity contribution in [2.45, 2.75) is 39.2 Å². The number of anilines is 1. The first kappa shape index (κ1) is 24.1. The van der Waals surface area contributed by atoms with Crippen LogP contribution >= 0.6 is 0 Å². The lowest BCUT2D eigenvalue weighted by molar-refractivity contribution is 0.0962. The van der Waals surface area contributed by atoms with E-state index >= 15 is 0 Å². The van der Waals surface area contributed by atoms with Crippen LogP contribution in [0.15, 0.2) is 72.7 Å². The average Bonchev–Trinajstić information content (AvgIpc) is 2.88. The summed E-state index contributed by atoms with van der Waals surface area (Å²) in [4.78, 5) is 25.5. The minimum absolute atomic E-state index is 0.312. The Bertz CT molecular complexity index is 1200. The molecule has 8 heteroatoms. The Morgan fingerprint density at radius 1 is 1.17 bits per heavy atom. The summed E-state index contributed by atoms with van der Waals surface area (Å²) in [5.41, 5.74) is 3.76. The molecule has 180 valence electrons. The molecule has 35 heavy (non-hydrogen) atoms. The molecule has 4 rings (SSSR count). The van der Waals surface area contributed by atoms with Gasteiger partial charge in [-0.1, -0.05) is 24.8 Å². The van der Waals surface area contributed by atoms with E-state index in [9.17, 15) is 4.79 Å². The van der Waals surface area contributed by atoms with Crippen molar-refractivity contribution >= 4 is 23.4 Å². The maximum absolute atomic E-state index is 12.8. The third-order valence-electron chi connectivity index (χ3n) is 6.23. The number of aromatic nitrogens is 2. The fourth-order valence-corrected chi connectivity index (χ4v) is 4.23. The molecule has 1 fully saturated rings. The molecule has 0 aromatic carbocycles. The van der Waals surface area contributed by atoms with E-state index in [0.717, 1.165) is 48.3 Å². The van der Waals surface area contributed by atoms with Gasteiger partial charge in [0.2, 0.25) is 0 Å². The van der Waals surface area contributed by atoms with Crippen LogP contribution in [0.2, 0.25) is 0 Å². The van der Waals surface area contributed by atoms with Gasteiger partial charge >= 0.3 is 0 Å². The Morgan fingerprint density at radius 3 is 2.80 bits per heavy atom. The quantitative estimate of drug-likeness (QED) is 0.333. The van der Waals surface area contributed by atoms with E-state index in [-0.39, 0.29) is 5.91 Å². The monoisotopic (exact) mass is 469 g/mol. The molecular weight excluding hydrogens is 438 g/mol. The third-order valence-corrected chi connectivity index (χ3v) is 6.23. The lowest BCUT2D eigenvalue weighted by Crippen LogP contribution is -2.39. The van der Waals surface area contributed by atoms with Gasteiger partial charge in [0.1, 0.15) is 23.2 Å². The van der Waals surface area contributed by atoms with Crippen molar-refractivity contribution in [1.29, 1.82) is 10.8 Å². The third kappa shape index (κ3) is 5.90. The Kier molecular flexibility index (Phi) is 7.50. The van der Waals surface area contributed by atoms with Crippen LogP contribution in [0.5, 0.6) is 0 Å². The van der Waals surface area contributed by atoms with Gasteiger partial charge in [0.15, 0.2) is 0 Å². The molecule has 0 aliphatic carbocycles. The number of hydrogen-bond acceptors (Lipinski definition) is 6. The smallest absolute Gasteiger partial charge is 0.274 e. The number of fused-ring (bicyclic) bond motifs is 1. The second kappa shape index (κ2) is 10.9. The Hall–Kier alpha value is -4.07. The minimum atomic E-state index is -0.312. The molecule has 2 aliphatic rings. The summed E-state index contributed by atoms with van der Waals surface area (Å²) in [5, 5.41) is 19.2. The zero-order chi connectivity index (χ0) is 24.8. The molecule has 0 saturated carbocycles. The van der Waals surface area contributed by atoms with E-state index in [4.69, 9.17) is 10.8 Å². The number of carbonyl (C=O) groups is 1. The normalized spacial score (nSPS) is 16.3. The van der Waals surface area contributed by atoms with Gasteiger partial charge in [-0.05, 0) is 67.2 Å². The van der Waals surface area contributed by atoms with Crippen molar-refractivity contribution in [3.8, 4) is 0 Å². The second-order valence-electron chi connectivity index (χ2n) is 8.79. The number of carbonyl (C=O) groups excluding carboxylic acids is 1. The molecule has 1 amide bonds. The van der Waals surface area contributed by atoms with Crippen molar-refractivity contribution in [3.05, 3.63) is 89.6 Å². The summed E-state index contributed by atoms with van der Waals surface area (Å²) in [6.45, 7) is 8.02. The lowest BCUT2D eigenvalue weighted by atomic mass is 10.0. The van der Waals surface area contributed by atoms with Crippen molar-refractivity contribution < 1.29 is 4.79 Å². The zero-order valence-electron chi connectivity index (χ0n) is 20.1. The first-order chi connectivity index (χ1) is 16.9. The van der Waals surface area contributed by atoms with Crippen LogP contribution in [0.25, 0.3) is 0 Å². The molecule has 0 radical (unpaired) electrons. The minimum Gasteiger partial charge on any atom is -0.352 e. The van der Waals surface area contributed by atoms with Gasteiger partial charge in [-0.3, -0.25) is 20.6 Å². The Labute approximate surface area is 206 Å². The molecule has 2 aromatic heterocycles. The van der Waals surface area contributed by atoms with E-state index in [2.05, 4.69) is 26.8 Å². The molecule has 0 unspecified atom stereocenters. The van der Waals surface area contributed by atoms with Gasteiger partial charge in [0.05, 0.1) is 0 Å². The molecule has 1 saturated heterocycles. The van der Waals surface area contributed by atoms with Crippen molar-refractivity contribution in [3.63, 3.8) is 0 Å². The van der Waals surface area contributed by atoms with E-state index in [1.807, 2.05) is 31.2 Å². The number of amides is 1. The van der Waals surface area contributed by atoms with Gasteiger partial charge < -0.3 is 15.1 Å². The van der Waals surface area contributed by atoms with E-state index in [1.54, 1.807) is 35.5 Å². The van der Waals surface area contributed by atoms with Crippen LogP contribution in [-0.2, 0) is 13.0 Å². The molecule has 0 bridgehead atoms. The summed E-state index contributed by atoms with van der Waals surface area (Å²) in [7, 11) is 0. The highest BCUT2D eigenvalue weighted by Crippen LogP contribution is 2.23. The highest BCUT2D eigenvalue weighted by atomic mass is 16.1. The molecule has 2 aliphatic heterocycles. The summed E-state index contributed by atoms with van der Waals surface area (Å²) in [6.07, 6.45) is 12.4. The predicted octanol–water partition coefficient (Wildman–Crippen LogP) is 4.23. The van der Waals surface area contributed by atoms with E-state index < -0.39 is 0 Å². The van der Waals surface area contributed by atoms with Gasteiger partial charge in [0, 0.05) is 44.1 Å². The molecule has 8 nitrogen and oxygen atoms in total. The topological polar surface area (TPSA) is 109 Å². The number of piperidine rings is 1. The number of nitrogens with one attached hydrogen (secondary N) is 3. The van der Waals surface area contributed by atoms with Crippen LogP contribution in [0.1, 0.15) is 47.8 Å². The molecule has 2 aromatic rings. The van der Waals surface area contributed by atoms with Gasteiger partial charge in [-0.15, -0.1) is 0 Å². The summed E-state index contributed by atoms with van der Waals surface area (Å²) in [5.74, 6) is 1.45. The van der Waals surface area contributed by atoms with E-state index in [1.165, 1.54) is 0 Å². The molecule has 0 atom stereocenters. The average molecular weight is 470 g/mol. The number of amidine groups is 2. The Balaban J connectivity index is 1.35. The van der Waals surface area contributed by atoms with Crippen LogP contribution in [-0.4, -0.2) is 45.5 Å². The van der Waals surface area contributed by atoms with Gasteiger partial charge in [-0.2, -0.15) is 0 Å². The summed E-state index contributed by atoms with van der Waals surface area (Å²) >= 11 is 0. The van der Waals surface area contributed by atoms with Crippen LogP contribution < -0.4 is 10.2 Å². The number of hydrogen-bond donors (Lipinski definition) is 3.